The highest BCUT2D eigenvalue weighted by Crippen LogP contribution is 2.68. The zero-order valence-corrected chi connectivity index (χ0v) is 11.5. The zero-order valence-electron chi connectivity index (χ0n) is 11.5. The van der Waals surface area contributed by atoms with E-state index in [4.69, 9.17) is 11.5 Å². The highest BCUT2D eigenvalue weighted by molar-refractivity contribution is 6.01. The van der Waals surface area contributed by atoms with E-state index in [0.717, 1.165) is 24.3 Å². The molecule has 112 valence electrons. The molecule has 2 bridgehead atoms. The maximum absolute atomic E-state index is 10.9. The third-order valence-corrected chi connectivity index (χ3v) is 5.78. The largest absolute Gasteiger partial charge is 0.350 e. The molecule has 0 saturated heterocycles. The van der Waals surface area contributed by atoms with E-state index in [1.54, 1.807) is 0 Å². The van der Waals surface area contributed by atoms with Crippen LogP contribution in [0.5, 0.6) is 0 Å². The maximum Gasteiger partial charge on any atom is 0.332 e. The van der Waals surface area contributed by atoms with Crippen molar-refractivity contribution in [2.24, 2.45) is 57.2 Å². The lowest BCUT2D eigenvalue weighted by molar-refractivity contribution is 0.241. The van der Waals surface area contributed by atoms with Crippen molar-refractivity contribution in [1.82, 2.24) is 10.9 Å². The minimum atomic E-state index is -0.634. The van der Waals surface area contributed by atoms with Gasteiger partial charge in [-0.1, -0.05) is 0 Å². The number of nitrogens with zero attached hydrogens (tertiary/aromatic N) is 2. The van der Waals surface area contributed by atoms with Crippen LogP contribution in [0, 0.1) is 35.5 Å². The first-order valence-corrected chi connectivity index (χ1v) is 7.30. The van der Waals surface area contributed by atoms with E-state index < -0.39 is 12.1 Å². The first-order valence-electron chi connectivity index (χ1n) is 7.30. The van der Waals surface area contributed by atoms with Gasteiger partial charge in [0.2, 0.25) is 0 Å². The second-order valence-electron chi connectivity index (χ2n) is 6.51. The molecule has 4 aliphatic rings. The minimum Gasteiger partial charge on any atom is -0.350 e. The van der Waals surface area contributed by atoms with Crippen molar-refractivity contribution >= 4 is 23.5 Å². The van der Waals surface area contributed by atoms with Gasteiger partial charge in [0, 0.05) is 23.3 Å². The van der Waals surface area contributed by atoms with Crippen LogP contribution in [0.15, 0.2) is 10.2 Å². The van der Waals surface area contributed by atoms with Crippen molar-refractivity contribution in [1.29, 1.82) is 0 Å². The molecule has 0 aromatic rings. The number of hydrogen-bond donors (Lipinski definition) is 4. The number of nitrogens with two attached hydrogens (primary N) is 2. The summed E-state index contributed by atoms with van der Waals surface area (Å²) in [6, 6.07) is -1.27. The predicted molar refractivity (Wildman–Crippen MR) is 75.1 cm³/mol. The molecule has 0 radical (unpaired) electrons. The molecule has 21 heavy (non-hydrogen) atoms. The van der Waals surface area contributed by atoms with Crippen LogP contribution < -0.4 is 22.3 Å². The predicted octanol–water partition coefficient (Wildman–Crippen LogP) is -0.0431. The number of carbonyl (C=O) groups excluding carboxylic acids is 2. The summed E-state index contributed by atoms with van der Waals surface area (Å²) in [5.41, 5.74) is 17.0. The molecule has 0 spiro atoms. The number of urea groups is 2. The Kier molecular flexibility index (Phi) is 2.51. The zero-order chi connectivity index (χ0) is 14.7. The van der Waals surface area contributed by atoms with Crippen molar-refractivity contribution in [2.45, 2.75) is 19.3 Å². The van der Waals surface area contributed by atoms with E-state index in [2.05, 4.69) is 21.1 Å². The fourth-order valence-electron chi connectivity index (χ4n) is 5.42. The second kappa shape index (κ2) is 4.19. The Balaban J connectivity index is 1.63. The van der Waals surface area contributed by atoms with Crippen LogP contribution in [0.25, 0.3) is 0 Å². The Morgan fingerprint density at radius 1 is 0.857 bits per heavy atom. The molecule has 0 heterocycles. The van der Waals surface area contributed by atoms with E-state index >= 15 is 0 Å². The van der Waals surface area contributed by atoms with Gasteiger partial charge in [0.15, 0.2) is 0 Å². The number of rotatable bonds is 2. The van der Waals surface area contributed by atoms with E-state index in [-0.39, 0.29) is 0 Å². The standard InChI is InChI=1S/C13H18N6O2/c14-12(20)18-16-8-2-4-5-3-9(17-19-13(15)21)11-7(5)1-6(4)10(8)11/h4-7,10-11H,1-3H2,(H3,14,18,20)(H3,15,19,21)/b16-8+,17-9+/t4-,5+,6-,7+,10+,11-. The van der Waals surface area contributed by atoms with Crippen molar-refractivity contribution in [3.63, 3.8) is 0 Å². The van der Waals surface area contributed by atoms with Gasteiger partial charge in [0.25, 0.3) is 0 Å². The van der Waals surface area contributed by atoms with E-state index in [0.29, 0.717) is 35.5 Å². The molecule has 4 amide bonds. The van der Waals surface area contributed by atoms with Gasteiger partial charge < -0.3 is 11.5 Å². The Hall–Kier alpha value is -2.12. The summed E-state index contributed by atoms with van der Waals surface area (Å²) in [5, 5.41) is 8.43. The quantitative estimate of drug-likeness (QED) is 0.531. The lowest BCUT2D eigenvalue weighted by Gasteiger charge is -2.24. The number of hydrogen-bond acceptors (Lipinski definition) is 4. The molecule has 0 aliphatic heterocycles. The summed E-state index contributed by atoms with van der Waals surface area (Å²) < 4.78 is 0. The SMILES string of the molecule is NC(=O)N/N=C1\C[C@@H]2[C@@H]3C/C(=N\NC(N)=O)[C@H]4[C@H]3C[C@H]2[C@@H]14. The maximum atomic E-state index is 10.9. The second-order valence-corrected chi connectivity index (χ2v) is 6.51. The van der Waals surface area contributed by atoms with E-state index in [1.165, 1.54) is 6.42 Å². The van der Waals surface area contributed by atoms with Crippen molar-refractivity contribution in [3.05, 3.63) is 0 Å². The Morgan fingerprint density at radius 2 is 1.29 bits per heavy atom. The lowest BCUT2D eigenvalue weighted by atomic mass is 9.79. The third kappa shape index (κ3) is 1.68. The van der Waals surface area contributed by atoms with Crippen LogP contribution in [0.2, 0.25) is 0 Å². The lowest BCUT2D eigenvalue weighted by Crippen LogP contribution is -2.32. The molecule has 8 nitrogen and oxygen atoms in total. The summed E-state index contributed by atoms with van der Waals surface area (Å²) in [6.45, 7) is 0. The Labute approximate surface area is 121 Å². The molecule has 0 aromatic heterocycles. The summed E-state index contributed by atoms with van der Waals surface area (Å²) in [4.78, 5) is 21.7. The van der Waals surface area contributed by atoms with E-state index in [9.17, 15) is 9.59 Å². The van der Waals surface area contributed by atoms with Crippen LogP contribution in [-0.4, -0.2) is 23.5 Å². The number of amides is 4. The van der Waals surface area contributed by atoms with Crippen LogP contribution in [0.1, 0.15) is 19.3 Å². The summed E-state index contributed by atoms with van der Waals surface area (Å²) >= 11 is 0. The van der Waals surface area contributed by atoms with E-state index in [1.807, 2.05) is 0 Å². The highest BCUT2D eigenvalue weighted by atomic mass is 16.2. The smallest absolute Gasteiger partial charge is 0.332 e. The number of fused-ring (bicyclic) bond motifs is 2. The van der Waals surface area contributed by atoms with Crippen molar-refractivity contribution in [2.75, 3.05) is 0 Å². The molecular weight excluding hydrogens is 272 g/mol. The van der Waals surface area contributed by atoms with Gasteiger partial charge in [0.1, 0.15) is 0 Å². The summed E-state index contributed by atoms with van der Waals surface area (Å²) in [5.74, 6) is 3.20. The van der Waals surface area contributed by atoms with Gasteiger partial charge in [0.05, 0.1) is 0 Å². The Bertz CT molecular complexity index is 531. The molecule has 0 unspecified atom stereocenters. The fourth-order valence-corrected chi connectivity index (χ4v) is 5.42. The monoisotopic (exact) mass is 290 g/mol. The van der Waals surface area contributed by atoms with Crippen LogP contribution in [0.4, 0.5) is 9.59 Å². The third-order valence-electron chi connectivity index (χ3n) is 5.78. The summed E-state index contributed by atoms with van der Waals surface area (Å²) in [6.07, 6.45) is 3.10. The average molecular weight is 290 g/mol. The molecule has 4 saturated carbocycles. The molecule has 6 N–H and O–H groups in total. The minimum absolute atomic E-state index is 0.332. The van der Waals surface area contributed by atoms with Gasteiger partial charge in [-0.15, -0.1) is 0 Å². The molecule has 4 rings (SSSR count). The van der Waals surface area contributed by atoms with Crippen LogP contribution in [-0.2, 0) is 0 Å². The molecule has 8 heteroatoms. The van der Waals surface area contributed by atoms with Crippen LogP contribution >= 0.6 is 0 Å². The number of hydrazone groups is 2. The number of nitrogens with one attached hydrogen (secondary N) is 2. The first-order chi connectivity index (χ1) is 10.1. The van der Waals surface area contributed by atoms with Gasteiger partial charge in [-0.2, -0.15) is 10.2 Å². The highest BCUT2D eigenvalue weighted by Gasteiger charge is 2.67. The topological polar surface area (TPSA) is 135 Å². The van der Waals surface area contributed by atoms with Crippen molar-refractivity contribution in [3.8, 4) is 0 Å². The number of carbonyl (C=O) groups is 2. The average Bonchev–Trinajstić information content (AvgIpc) is 3.03. The number of primary amides is 2. The normalized spacial score (nSPS) is 45.5. The van der Waals surface area contributed by atoms with Gasteiger partial charge in [-0.25, -0.2) is 20.4 Å². The van der Waals surface area contributed by atoms with Gasteiger partial charge >= 0.3 is 12.1 Å². The van der Waals surface area contributed by atoms with Crippen LogP contribution in [0.3, 0.4) is 0 Å². The molecule has 4 aliphatic carbocycles. The van der Waals surface area contributed by atoms with Gasteiger partial charge in [-0.3, -0.25) is 0 Å². The summed E-state index contributed by atoms with van der Waals surface area (Å²) in [7, 11) is 0. The molecule has 4 fully saturated rings. The fraction of sp³-hybridized carbons (Fsp3) is 0.692. The van der Waals surface area contributed by atoms with Gasteiger partial charge in [-0.05, 0) is 42.9 Å². The molecular formula is C13H18N6O2. The van der Waals surface area contributed by atoms with Crippen molar-refractivity contribution < 1.29 is 9.59 Å². The first kappa shape index (κ1) is 12.6. The Morgan fingerprint density at radius 3 is 1.67 bits per heavy atom. The molecule has 6 atom stereocenters. The molecule has 0 aromatic carbocycles.